The van der Waals surface area contributed by atoms with Crippen LogP contribution in [0.25, 0.3) is 0 Å². The molecule has 1 atom stereocenters. The van der Waals surface area contributed by atoms with Crippen molar-refractivity contribution in [1.29, 1.82) is 0 Å². The molecule has 0 amide bonds. The molecular weight excluding hydrogens is 220 g/mol. The second-order valence-corrected chi connectivity index (χ2v) is 4.17. The predicted molar refractivity (Wildman–Crippen MR) is 62.7 cm³/mol. The zero-order valence-electron chi connectivity index (χ0n) is 9.79. The minimum Gasteiger partial charge on any atom is -0.493 e. The van der Waals surface area contributed by atoms with Gasteiger partial charge in [0.2, 0.25) is 12.5 Å². The first-order valence-corrected chi connectivity index (χ1v) is 5.80. The standard InChI is InChI=1S/C12H16N2O3/c1-15-10-4-8(9-6-13-2-3-14-9)5-11-12(10)17-7-16-11/h4-5,9,13-14H,2-3,6-7H2,1H3/t9-/m0/s1. The van der Waals surface area contributed by atoms with E-state index in [9.17, 15) is 0 Å². The van der Waals surface area contributed by atoms with E-state index < -0.39 is 0 Å². The number of nitrogens with one attached hydrogen (secondary N) is 2. The molecule has 2 heterocycles. The van der Waals surface area contributed by atoms with Crippen LogP contribution in [0.4, 0.5) is 0 Å². The lowest BCUT2D eigenvalue weighted by molar-refractivity contribution is 0.171. The van der Waals surface area contributed by atoms with Crippen molar-refractivity contribution in [1.82, 2.24) is 10.6 Å². The molecule has 5 nitrogen and oxygen atoms in total. The zero-order valence-corrected chi connectivity index (χ0v) is 9.79. The summed E-state index contributed by atoms with van der Waals surface area (Å²) in [6, 6.07) is 4.33. The smallest absolute Gasteiger partial charge is 0.231 e. The van der Waals surface area contributed by atoms with E-state index in [0.29, 0.717) is 11.8 Å². The molecule has 0 saturated carbocycles. The predicted octanol–water partition coefficient (Wildman–Crippen LogP) is 0.658. The van der Waals surface area contributed by atoms with Gasteiger partial charge >= 0.3 is 0 Å². The van der Waals surface area contributed by atoms with Gasteiger partial charge in [-0.2, -0.15) is 0 Å². The summed E-state index contributed by atoms with van der Waals surface area (Å²) >= 11 is 0. The van der Waals surface area contributed by atoms with E-state index in [4.69, 9.17) is 14.2 Å². The molecule has 0 aromatic heterocycles. The summed E-state index contributed by atoms with van der Waals surface area (Å²) < 4.78 is 16.1. The van der Waals surface area contributed by atoms with Crippen LogP contribution in [-0.4, -0.2) is 33.5 Å². The van der Waals surface area contributed by atoms with Gasteiger partial charge in [0.05, 0.1) is 7.11 Å². The first-order chi connectivity index (χ1) is 8.38. The molecule has 3 rings (SSSR count). The maximum Gasteiger partial charge on any atom is 0.231 e. The van der Waals surface area contributed by atoms with Gasteiger partial charge in [-0.15, -0.1) is 0 Å². The molecule has 1 aromatic rings. The number of methoxy groups -OCH3 is 1. The zero-order chi connectivity index (χ0) is 11.7. The van der Waals surface area contributed by atoms with E-state index in [-0.39, 0.29) is 6.79 Å². The minimum atomic E-state index is 0.269. The molecular formula is C12H16N2O3. The number of rotatable bonds is 2. The molecule has 1 fully saturated rings. The third-order valence-corrected chi connectivity index (χ3v) is 3.12. The Balaban J connectivity index is 1.94. The molecule has 2 aliphatic rings. The number of hydrogen-bond donors (Lipinski definition) is 2. The third-order valence-electron chi connectivity index (χ3n) is 3.12. The van der Waals surface area contributed by atoms with Crippen LogP contribution in [0.2, 0.25) is 0 Å². The fourth-order valence-corrected chi connectivity index (χ4v) is 2.24. The van der Waals surface area contributed by atoms with E-state index >= 15 is 0 Å². The van der Waals surface area contributed by atoms with E-state index in [1.807, 2.05) is 12.1 Å². The Kier molecular flexibility index (Phi) is 2.78. The van der Waals surface area contributed by atoms with Crippen LogP contribution in [0.5, 0.6) is 17.2 Å². The maximum atomic E-state index is 5.42. The average Bonchev–Trinajstić information content (AvgIpc) is 2.86. The molecule has 0 bridgehead atoms. The molecule has 0 radical (unpaired) electrons. The number of ether oxygens (including phenoxy) is 3. The lowest BCUT2D eigenvalue weighted by Gasteiger charge is -2.25. The molecule has 1 saturated heterocycles. The Morgan fingerprint density at radius 1 is 1.29 bits per heavy atom. The van der Waals surface area contributed by atoms with Gasteiger partial charge in [0.15, 0.2) is 11.5 Å². The summed E-state index contributed by atoms with van der Waals surface area (Å²) in [6.45, 7) is 3.17. The van der Waals surface area contributed by atoms with E-state index in [2.05, 4.69) is 10.6 Å². The van der Waals surface area contributed by atoms with Crippen LogP contribution in [0.1, 0.15) is 11.6 Å². The van der Waals surface area contributed by atoms with Crippen molar-refractivity contribution in [3.8, 4) is 17.2 Å². The van der Waals surface area contributed by atoms with Crippen molar-refractivity contribution in [3.05, 3.63) is 17.7 Å². The van der Waals surface area contributed by atoms with Crippen LogP contribution >= 0.6 is 0 Å². The maximum absolute atomic E-state index is 5.42. The molecule has 2 aliphatic heterocycles. The largest absolute Gasteiger partial charge is 0.493 e. The number of fused-ring (bicyclic) bond motifs is 1. The summed E-state index contributed by atoms with van der Waals surface area (Å²) in [6.07, 6.45) is 0. The Bertz CT molecular complexity index is 416. The van der Waals surface area contributed by atoms with Gasteiger partial charge in [0.25, 0.3) is 0 Å². The second-order valence-electron chi connectivity index (χ2n) is 4.17. The van der Waals surface area contributed by atoms with E-state index in [0.717, 1.165) is 31.1 Å². The summed E-state index contributed by atoms with van der Waals surface area (Å²) in [5.41, 5.74) is 1.17. The molecule has 0 aliphatic carbocycles. The average molecular weight is 236 g/mol. The van der Waals surface area contributed by atoms with Gasteiger partial charge < -0.3 is 24.8 Å². The van der Waals surface area contributed by atoms with E-state index in [1.54, 1.807) is 7.11 Å². The Morgan fingerprint density at radius 2 is 2.24 bits per heavy atom. The number of benzene rings is 1. The van der Waals surface area contributed by atoms with Gasteiger partial charge in [-0.3, -0.25) is 0 Å². The highest BCUT2D eigenvalue weighted by Crippen LogP contribution is 2.42. The summed E-state index contributed by atoms with van der Waals surface area (Å²) in [4.78, 5) is 0. The molecule has 92 valence electrons. The molecule has 5 heteroatoms. The molecule has 2 N–H and O–H groups in total. The number of piperazine rings is 1. The van der Waals surface area contributed by atoms with Gasteiger partial charge in [-0.25, -0.2) is 0 Å². The van der Waals surface area contributed by atoms with Crippen molar-refractivity contribution in [3.63, 3.8) is 0 Å². The van der Waals surface area contributed by atoms with Crippen molar-refractivity contribution < 1.29 is 14.2 Å². The molecule has 0 unspecified atom stereocenters. The fourth-order valence-electron chi connectivity index (χ4n) is 2.24. The first kappa shape index (κ1) is 10.7. The van der Waals surface area contributed by atoms with Crippen molar-refractivity contribution in [2.45, 2.75) is 6.04 Å². The molecule has 0 spiro atoms. The van der Waals surface area contributed by atoms with Crippen molar-refractivity contribution >= 4 is 0 Å². The van der Waals surface area contributed by atoms with Crippen LogP contribution in [0.15, 0.2) is 12.1 Å². The SMILES string of the molecule is COc1cc([C@@H]2CNCCN2)cc2c1OCO2. The van der Waals surface area contributed by atoms with Crippen LogP contribution < -0.4 is 24.8 Å². The third kappa shape index (κ3) is 1.92. The molecule has 17 heavy (non-hydrogen) atoms. The monoisotopic (exact) mass is 236 g/mol. The highest BCUT2D eigenvalue weighted by Gasteiger charge is 2.23. The van der Waals surface area contributed by atoms with Gasteiger partial charge in [0.1, 0.15) is 0 Å². The lowest BCUT2D eigenvalue weighted by Crippen LogP contribution is -2.42. The van der Waals surface area contributed by atoms with Crippen LogP contribution in [0, 0.1) is 0 Å². The summed E-state index contributed by atoms with van der Waals surface area (Å²) in [5.74, 6) is 2.22. The lowest BCUT2D eigenvalue weighted by atomic mass is 10.0. The molecule has 1 aromatic carbocycles. The topological polar surface area (TPSA) is 51.8 Å². The van der Waals surface area contributed by atoms with Gasteiger partial charge in [0, 0.05) is 25.7 Å². The summed E-state index contributed by atoms with van der Waals surface area (Å²) in [7, 11) is 1.65. The quantitative estimate of drug-likeness (QED) is 0.790. The minimum absolute atomic E-state index is 0.269. The second kappa shape index (κ2) is 4.43. The van der Waals surface area contributed by atoms with Crippen LogP contribution in [0.3, 0.4) is 0 Å². The van der Waals surface area contributed by atoms with Gasteiger partial charge in [-0.1, -0.05) is 0 Å². The van der Waals surface area contributed by atoms with Crippen molar-refractivity contribution in [2.75, 3.05) is 33.5 Å². The van der Waals surface area contributed by atoms with E-state index in [1.165, 1.54) is 5.56 Å². The Hall–Kier alpha value is -1.46. The van der Waals surface area contributed by atoms with Crippen LogP contribution in [-0.2, 0) is 0 Å². The normalized spacial score (nSPS) is 22.5. The highest BCUT2D eigenvalue weighted by atomic mass is 16.7. The Labute approximate surface area is 100 Å². The Morgan fingerprint density at radius 3 is 3.00 bits per heavy atom. The van der Waals surface area contributed by atoms with Crippen molar-refractivity contribution in [2.24, 2.45) is 0 Å². The van der Waals surface area contributed by atoms with Gasteiger partial charge in [-0.05, 0) is 17.7 Å². The first-order valence-electron chi connectivity index (χ1n) is 5.80. The summed E-state index contributed by atoms with van der Waals surface area (Å²) in [5, 5.41) is 6.83. The fraction of sp³-hybridized carbons (Fsp3) is 0.500. The highest BCUT2D eigenvalue weighted by molar-refractivity contribution is 5.55. The number of hydrogen-bond acceptors (Lipinski definition) is 5.